The molecule has 4 nitrogen and oxygen atoms in total. The Morgan fingerprint density at radius 2 is 2.12 bits per heavy atom. The third-order valence-electron chi connectivity index (χ3n) is 3.44. The van der Waals surface area contributed by atoms with Crippen LogP contribution in [0.3, 0.4) is 0 Å². The third-order valence-corrected chi connectivity index (χ3v) is 3.44. The van der Waals surface area contributed by atoms with Crippen LogP contribution in [-0.2, 0) is 0 Å². The summed E-state index contributed by atoms with van der Waals surface area (Å²) in [4.78, 5) is 8.67. The lowest BCUT2D eigenvalue weighted by Crippen LogP contribution is -2.13. The lowest BCUT2D eigenvalue weighted by atomic mass is 9.81. The quantitative estimate of drug-likeness (QED) is 0.859. The number of hydrogen-bond donors (Lipinski definition) is 1. The Morgan fingerprint density at radius 3 is 2.76 bits per heavy atom. The van der Waals surface area contributed by atoms with Gasteiger partial charge in [0.15, 0.2) is 0 Å². The summed E-state index contributed by atoms with van der Waals surface area (Å²) in [5.74, 6) is 1.74. The van der Waals surface area contributed by atoms with Crippen LogP contribution >= 0.6 is 0 Å². The molecule has 17 heavy (non-hydrogen) atoms. The van der Waals surface area contributed by atoms with Crippen LogP contribution in [0.15, 0.2) is 18.2 Å². The summed E-state index contributed by atoms with van der Waals surface area (Å²) in [6, 6.07) is 5.84. The fourth-order valence-electron chi connectivity index (χ4n) is 2.27. The Morgan fingerprint density at radius 1 is 1.29 bits per heavy atom. The monoisotopic (exact) mass is 229 g/mol. The number of fused-ring (bicyclic) bond motifs is 1. The van der Waals surface area contributed by atoms with Crippen molar-refractivity contribution < 1.29 is 4.74 Å². The van der Waals surface area contributed by atoms with Crippen molar-refractivity contribution in [2.75, 3.05) is 12.8 Å². The normalized spacial score (nSPS) is 15.8. The highest BCUT2D eigenvalue weighted by Gasteiger charge is 2.23. The predicted octanol–water partition coefficient (Wildman–Crippen LogP) is 2.49. The summed E-state index contributed by atoms with van der Waals surface area (Å²) < 4.78 is 5.25. The van der Waals surface area contributed by atoms with Crippen LogP contribution in [0.2, 0.25) is 0 Å². The van der Waals surface area contributed by atoms with Crippen molar-refractivity contribution >= 4 is 16.9 Å². The maximum atomic E-state index is 5.76. The van der Waals surface area contributed by atoms with Crippen molar-refractivity contribution in [2.45, 2.75) is 25.2 Å². The van der Waals surface area contributed by atoms with Gasteiger partial charge in [-0.05, 0) is 31.0 Å². The minimum atomic E-state index is 0.365. The lowest BCUT2D eigenvalue weighted by molar-refractivity contribution is 0.411. The molecule has 1 fully saturated rings. The van der Waals surface area contributed by atoms with Gasteiger partial charge in [-0.3, -0.25) is 0 Å². The molecule has 0 aliphatic heterocycles. The molecule has 0 unspecified atom stereocenters. The van der Waals surface area contributed by atoms with Gasteiger partial charge in [0.2, 0.25) is 5.95 Å². The van der Waals surface area contributed by atoms with Gasteiger partial charge < -0.3 is 10.5 Å². The van der Waals surface area contributed by atoms with Crippen molar-refractivity contribution in [2.24, 2.45) is 0 Å². The molecule has 0 amide bonds. The van der Waals surface area contributed by atoms with Gasteiger partial charge in [-0.1, -0.05) is 6.42 Å². The molecule has 88 valence electrons. The highest BCUT2D eigenvalue weighted by molar-refractivity contribution is 5.84. The van der Waals surface area contributed by atoms with E-state index in [1.54, 1.807) is 7.11 Å². The molecule has 2 N–H and O–H groups in total. The van der Waals surface area contributed by atoms with Crippen molar-refractivity contribution in [3.63, 3.8) is 0 Å². The summed E-state index contributed by atoms with van der Waals surface area (Å²) >= 11 is 0. The number of nitrogen functional groups attached to an aromatic ring is 1. The zero-order valence-corrected chi connectivity index (χ0v) is 9.81. The number of aromatic nitrogens is 2. The Bertz CT molecular complexity index is 564. The highest BCUT2D eigenvalue weighted by Crippen LogP contribution is 2.39. The van der Waals surface area contributed by atoms with Crippen LogP contribution in [-0.4, -0.2) is 17.1 Å². The molecule has 1 aromatic heterocycles. The molecule has 0 saturated heterocycles. The smallest absolute Gasteiger partial charge is 0.220 e. The second-order valence-corrected chi connectivity index (χ2v) is 4.48. The molecule has 1 saturated carbocycles. The van der Waals surface area contributed by atoms with E-state index in [1.807, 2.05) is 18.2 Å². The zero-order chi connectivity index (χ0) is 11.8. The number of benzene rings is 1. The molecule has 1 aliphatic rings. The molecule has 0 bridgehead atoms. The van der Waals surface area contributed by atoms with E-state index in [1.165, 1.54) is 19.3 Å². The van der Waals surface area contributed by atoms with E-state index in [9.17, 15) is 0 Å². The lowest BCUT2D eigenvalue weighted by Gasteiger charge is -2.25. The molecule has 1 aromatic carbocycles. The Balaban J connectivity index is 2.22. The minimum absolute atomic E-state index is 0.365. The zero-order valence-electron chi connectivity index (χ0n) is 9.81. The summed E-state index contributed by atoms with van der Waals surface area (Å²) in [5.41, 5.74) is 7.74. The van der Waals surface area contributed by atoms with E-state index < -0.39 is 0 Å². The molecular weight excluding hydrogens is 214 g/mol. The summed E-state index contributed by atoms with van der Waals surface area (Å²) in [7, 11) is 1.67. The highest BCUT2D eigenvalue weighted by atomic mass is 16.5. The molecule has 1 heterocycles. The van der Waals surface area contributed by atoms with Crippen LogP contribution in [0, 0.1) is 0 Å². The average Bonchev–Trinajstić information content (AvgIpc) is 2.26. The molecule has 1 aliphatic carbocycles. The van der Waals surface area contributed by atoms with Crippen LogP contribution in [0.5, 0.6) is 5.75 Å². The maximum absolute atomic E-state index is 5.76. The minimum Gasteiger partial charge on any atom is -0.497 e. The standard InChI is InChI=1S/C13H15N3O/c1-17-9-5-6-11-10(7-9)12(8-3-2-4-8)16-13(14)15-11/h5-8H,2-4H2,1H3,(H2,14,15,16). The number of nitrogens with zero attached hydrogens (tertiary/aromatic N) is 2. The molecular formula is C13H15N3O. The molecule has 0 spiro atoms. The van der Waals surface area contributed by atoms with Gasteiger partial charge in [0.05, 0.1) is 18.3 Å². The molecule has 2 aromatic rings. The van der Waals surface area contributed by atoms with E-state index in [-0.39, 0.29) is 0 Å². The SMILES string of the molecule is COc1ccc2nc(N)nc(C3CCC3)c2c1. The van der Waals surface area contributed by atoms with Gasteiger partial charge in [0, 0.05) is 11.3 Å². The summed E-state index contributed by atoms with van der Waals surface area (Å²) in [5, 5.41) is 1.07. The first-order chi connectivity index (χ1) is 8.28. The summed E-state index contributed by atoms with van der Waals surface area (Å²) in [6.07, 6.45) is 3.67. The van der Waals surface area contributed by atoms with Gasteiger partial charge in [-0.15, -0.1) is 0 Å². The van der Waals surface area contributed by atoms with Crippen molar-refractivity contribution in [1.82, 2.24) is 9.97 Å². The van der Waals surface area contributed by atoms with Gasteiger partial charge in [0.25, 0.3) is 0 Å². The number of methoxy groups -OCH3 is 1. The fraction of sp³-hybridized carbons (Fsp3) is 0.385. The van der Waals surface area contributed by atoms with E-state index in [4.69, 9.17) is 10.5 Å². The van der Waals surface area contributed by atoms with Gasteiger partial charge in [-0.2, -0.15) is 0 Å². The first-order valence-corrected chi connectivity index (χ1v) is 5.89. The number of rotatable bonds is 2. The summed E-state index contributed by atoms with van der Waals surface area (Å²) in [6.45, 7) is 0. The average molecular weight is 229 g/mol. The van der Waals surface area contributed by atoms with Crippen LogP contribution in [0.1, 0.15) is 30.9 Å². The molecule has 0 atom stereocenters. The van der Waals surface area contributed by atoms with Gasteiger partial charge >= 0.3 is 0 Å². The predicted molar refractivity (Wildman–Crippen MR) is 67.1 cm³/mol. The second kappa shape index (κ2) is 3.87. The van der Waals surface area contributed by atoms with Gasteiger partial charge in [-0.25, -0.2) is 9.97 Å². The number of nitrogens with two attached hydrogens (primary N) is 1. The maximum Gasteiger partial charge on any atom is 0.220 e. The van der Waals surface area contributed by atoms with E-state index >= 15 is 0 Å². The van der Waals surface area contributed by atoms with Crippen LogP contribution < -0.4 is 10.5 Å². The first kappa shape index (κ1) is 10.3. The van der Waals surface area contributed by atoms with Crippen LogP contribution in [0.4, 0.5) is 5.95 Å². The van der Waals surface area contributed by atoms with E-state index in [2.05, 4.69) is 9.97 Å². The Kier molecular flexibility index (Phi) is 2.35. The molecule has 4 heteroatoms. The fourth-order valence-corrected chi connectivity index (χ4v) is 2.27. The number of ether oxygens (including phenoxy) is 1. The largest absolute Gasteiger partial charge is 0.497 e. The third kappa shape index (κ3) is 1.69. The topological polar surface area (TPSA) is 61.0 Å². The van der Waals surface area contributed by atoms with Crippen molar-refractivity contribution in [3.8, 4) is 5.75 Å². The van der Waals surface area contributed by atoms with Crippen molar-refractivity contribution in [1.29, 1.82) is 0 Å². The molecule has 3 rings (SSSR count). The second-order valence-electron chi connectivity index (χ2n) is 4.48. The number of hydrogen-bond acceptors (Lipinski definition) is 4. The van der Waals surface area contributed by atoms with Crippen molar-refractivity contribution in [3.05, 3.63) is 23.9 Å². The molecule has 0 radical (unpaired) electrons. The Labute approximate surface area is 99.8 Å². The van der Waals surface area contributed by atoms with E-state index in [0.717, 1.165) is 22.3 Å². The van der Waals surface area contributed by atoms with Gasteiger partial charge in [0.1, 0.15) is 5.75 Å². The first-order valence-electron chi connectivity index (χ1n) is 5.89. The van der Waals surface area contributed by atoms with E-state index in [0.29, 0.717) is 11.9 Å². The van der Waals surface area contributed by atoms with Crippen LogP contribution in [0.25, 0.3) is 10.9 Å². The Hall–Kier alpha value is -1.84. The number of anilines is 1.